The molecule has 0 aliphatic heterocycles. The van der Waals surface area contributed by atoms with Gasteiger partial charge in [0.25, 0.3) is 0 Å². The van der Waals surface area contributed by atoms with Gasteiger partial charge in [-0.3, -0.25) is 4.79 Å². The zero-order chi connectivity index (χ0) is 14.0. The van der Waals surface area contributed by atoms with Crippen molar-refractivity contribution in [1.29, 1.82) is 0 Å². The van der Waals surface area contributed by atoms with Crippen molar-refractivity contribution in [2.24, 2.45) is 5.73 Å². The Morgan fingerprint density at radius 2 is 1.94 bits per heavy atom. The molecule has 1 unspecified atom stereocenters. The van der Waals surface area contributed by atoms with Gasteiger partial charge in [0.2, 0.25) is 5.91 Å². The maximum absolute atomic E-state index is 12.1. The number of methoxy groups -OCH3 is 1. The molecule has 108 valence electrons. The molecule has 0 spiro atoms. The fraction of sp³-hybridized carbons (Fsp3) is 0.923. The van der Waals surface area contributed by atoms with Crippen LogP contribution >= 0.6 is 0 Å². The van der Waals surface area contributed by atoms with E-state index in [-0.39, 0.29) is 11.9 Å². The molecular weight excluding hydrogens is 230 g/mol. The average Bonchev–Trinajstić information content (AvgIpc) is 2.32. The number of hydrogen-bond acceptors (Lipinski definition) is 4. The zero-order valence-corrected chi connectivity index (χ0v) is 12.3. The summed E-state index contributed by atoms with van der Waals surface area (Å²) in [6.45, 7) is 4.99. The molecule has 2 N–H and O–H groups in total. The molecular formula is C13H29N3O2. The van der Waals surface area contributed by atoms with E-state index in [1.807, 2.05) is 25.9 Å². The van der Waals surface area contributed by atoms with Gasteiger partial charge in [0.05, 0.1) is 6.61 Å². The SMILES string of the molecule is CCC(N)CC(=O)N(CCCN(C)C)CCOC. The molecule has 0 aromatic carbocycles. The van der Waals surface area contributed by atoms with Gasteiger partial charge < -0.3 is 20.3 Å². The quantitative estimate of drug-likeness (QED) is 0.622. The molecule has 0 saturated carbocycles. The Kier molecular flexibility index (Phi) is 9.92. The minimum atomic E-state index is -0.0311. The summed E-state index contributed by atoms with van der Waals surface area (Å²) in [5.41, 5.74) is 5.83. The summed E-state index contributed by atoms with van der Waals surface area (Å²) in [6, 6.07) is -0.0311. The van der Waals surface area contributed by atoms with Crippen molar-refractivity contribution in [1.82, 2.24) is 9.80 Å². The summed E-state index contributed by atoms with van der Waals surface area (Å²) in [5.74, 6) is 0.139. The van der Waals surface area contributed by atoms with Crippen molar-refractivity contribution in [2.75, 3.05) is 47.4 Å². The van der Waals surface area contributed by atoms with Crippen LogP contribution in [0.1, 0.15) is 26.2 Å². The van der Waals surface area contributed by atoms with Crippen LogP contribution in [-0.2, 0) is 9.53 Å². The van der Waals surface area contributed by atoms with Crippen LogP contribution in [0.5, 0.6) is 0 Å². The molecule has 0 aliphatic carbocycles. The second kappa shape index (κ2) is 10.3. The van der Waals surface area contributed by atoms with Crippen molar-refractivity contribution in [2.45, 2.75) is 32.2 Å². The van der Waals surface area contributed by atoms with E-state index in [0.717, 1.165) is 25.9 Å². The summed E-state index contributed by atoms with van der Waals surface area (Å²) < 4.78 is 5.05. The zero-order valence-electron chi connectivity index (χ0n) is 12.3. The molecule has 5 heteroatoms. The Balaban J connectivity index is 4.14. The molecule has 0 fully saturated rings. The molecule has 1 atom stereocenters. The van der Waals surface area contributed by atoms with Crippen molar-refractivity contribution >= 4 is 5.91 Å². The molecule has 0 saturated heterocycles. The van der Waals surface area contributed by atoms with Gasteiger partial charge in [-0.15, -0.1) is 0 Å². The van der Waals surface area contributed by atoms with E-state index >= 15 is 0 Å². The number of nitrogens with two attached hydrogens (primary N) is 1. The highest BCUT2D eigenvalue weighted by Crippen LogP contribution is 2.02. The van der Waals surface area contributed by atoms with Gasteiger partial charge in [-0.25, -0.2) is 0 Å². The van der Waals surface area contributed by atoms with Gasteiger partial charge in [-0.2, -0.15) is 0 Å². The highest BCUT2D eigenvalue weighted by Gasteiger charge is 2.15. The Hall–Kier alpha value is -0.650. The van der Waals surface area contributed by atoms with Gasteiger partial charge in [0.1, 0.15) is 0 Å². The van der Waals surface area contributed by atoms with Gasteiger partial charge in [0, 0.05) is 32.7 Å². The van der Waals surface area contributed by atoms with E-state index in [0.29, 0.717) is 19.6 Å². The van der Waals surface area contributed by atoms with Crippen LogP contribution in [0.3, 0.4) is 0 Å². The Morgan fingerprint density at radius 1 is 1.28 bits per heavy atom. The summed E-state index contributed by atoms with van der Waals surface area (Å²) in [5, 5.41) is 0. The van der Waals surface area contributed by atoms with Crippen LogP contribution in [0.25, 0.3) is 0 Å². The Morgan fingerprint density at radius 3 is 2.44 bits per heavy atom. The first-order valence-corrected chi connectivity index (χ1v) is 6.68. The minimum absolute atomic E-state index is 0.0311. The lowest BCUT2D eigenvalue weighted by molar-refractivity contribution is -0.132. The summed E-state index contributed by atoms with van der Waals surface area (Å²) in [7, 11) is 5.73. The third-order valence-electron chi connectivity index (χ3n) is 2.91. The van der Waals surface area contributed by atoms with E-state index < -0.39 is 0 Å². The molecule has 0 aromatic rings. The fourth-order valence-electron chi connectivity index (χ4n) is 1.64. The Labute approximate surface area is 111 Å². The predicted molar refractivity (Wildman–Crippen MR) is 74.5 cm³/mol. The van der Waals surface area contributed by atoms with Crippen LogP contribution in [0, 0.1) is 0 Å². The summed E-state index contributed by atoms with van der Waals surface area (Å²) >= 11 is 0. The number of nitrogens with zero attached hydrogens (tertiary/aromatic N) is 2. The van der Waals surface area contributed by atoms with Crippen molar-refractivity contribution in [3.8, 4) is 0 Å². The van der Waals surface area contributed by atoms with E-state index in [4.69, 9.17) is 10.5 Å². The number of hydrogen-bond donors (Lipinski definition) is 1. The lowest BCUT2D eigenvalue weighted by atomic mass is 10.1. The van der Waals surface area contributed by atoms with Gasteiger partial charge in [0.15, 0.2) is 0 Å². The first kappa shape index (κ1) is 17.4. The van der Waals surface area contributed by atoms with Crippen molar-refractivity contribution in [3.05, 3.63) is 0 Å². The molecule has 0 bridgehead atoms. The Bertz CT molecular complexity index is 222. The van der Waals surface area contributed by atoms with E-state index in [9.17, 15) is 4.79 Å². The number of rotatable bonds is 10. The molecule has 1 amide bonds. The predicted octanol–water partition coefficient (Wildman–Crippen LogP) is 0.541. The topological polar surface area (TPSA) is 58.8 Å². The molecule has 0 aromatic heterocycles. The normalized spacial score (nSPS) is 12.8. The highest BCUT2D eigenvalue weighted by atomic mass is 16.5. The maximum Gasteiger partial charge on any atom is 0.224 e. The number of ether oxygens (including phenoxy) is 1. The molecule has 0 rings (SSSR count). The van der Waals surface area contributed by atoms with E-state index in [1.165, 1.54) is 0 Å². The van der Waals surface area contributed by atoms with Crippen molar-refractivity contribution < 1.29 is 9.53 Å². The smallest absolute Gasteiger partial charge is 0.224 e. The second-order valence-corrected chi connectivity index (χ2v) is 4.90. The van der Waals surface area contributed by atoms with Crippen LogP contribution < -0.4 is 5.73 Å². The molecule has 0 aliphatic rings. The highest BCUT2D eigenvalue weighted by molar-refractivity contribution is 5.76. The number of amides is 1. The van der Waals surface area contributed by atoms with Crippen molar-refractivity contribution in [3.63, 3.8) is 0 Å². The van der Waals surface area contributed by atoms with Crippen LogP contribution in [0.15, 0.2) is 0 Å². The number of carbonyl (C=O) groups is 1. The van der Waals surface area contributed by atoms with E-state index in [1.54, 1.807) is 7.11 Å². The monoisotopic (exact) mass is 259 g/mol. The van der Waals surface area contributed by atoms with Crippen LogP contribution in [0.4, 0.5) is 0 Å². The molecule has 0 radical (unpaired) electrons. The largest absolute Gasteiger partial charge is 0.383 e. The van der Waals surface area contributed by atoms with Gasteiger partial charge in [-0.05, 0) is 33.5 Å². The van der Waals surface area contributed by atoms with Crippen LogP contribution in [0.2, 0.25) is 0 Å². The second-order valence-electron chi connectivity index (χ2n) is 4.90. The third-order valence-corrected chi connectivity index (χ3v) is 2.91. The molecule has 5 nitrogen and oxygen atoms in total. The third kappa shape index (κ3) is 8.44. The molecule has 0 heterocycles. The lowest BCUT2D eigenvalue weighted by Crippen LogP contribution is -2.39. The van der Waals surface area contributed by atoms with Gasteiger partial charge in [-0.1, -0.05) is 6.92 Å². The first-order chi connectivity index (χ1) is 8.51. The standard InChI is InChI=1S/C13H29N3O2/c1-5-12(14)11-13(17)16(9-10-18-4)8-6-7-15(2)3/h12H,5-11,14H2,1-4H3. The van der Waals surface area contributed by atoms with Gasteiger partial charge >= 0.3 is 0 Å². The number of carbonyl (C=O) groups excluding carboxylic acids is 1. The maximum atomic E-state index is 12.1. The molecule has 18 heavy (non-hydrogen) atoms. The fourth-order valence-corrected chi connectivity index (χ4v) is 1.64. The minimum Gasteiger partial charge on any atom is -0.383 e. The average molecular weight is 259 g/mol. The van der Waals surface area contributed by atoms with Crippen LogP contribution in [-0.4, -0.2) is 69.2 Å². The first-order valence-electron chi connectivity index (χ1n) is 6.68. The van der Waals surface area contributed by atoms with E-state index in [2.05, 4.69) is 4.90 Å². The lowest BCUT2D eigenvalue weighted by Gasteiger charge is -2.24. The summed E-state index contributed by atoms with van der Waals surface area (Å²) in [6.07, 6.45) is 2.24. The summed E-state index contributed by atoms with van der Waals surface area (Å²) in [4.78, 5) is 16.1.